The highest BCUT2D eigenvalue weighted by molar-refractivity contribution is 8.02. The van der Waals surface area contributed by atoms with Crippen molar-refractivity contribution in [2.45, 2.75) is 36.4 Å². The predicted octanol–water partition coefficient (Wildman–Crippen LogP) is 2.62. The van der Waals surface area contributed by atoms with E-state index in [1.807, 2.05) is 44.2 Å². The van der Waals surface area contributed by atoms with Crippen LogP contribution in [0.15, 0.2) is 34.7 Å². The van der Waals surface area contributed by atoms with Gasteiger partial charge in [-0.15, -0.1) is 11.3 Å². The van der Waals surface area contributed by atoms with Crippen LogP contribution in [0.1, 0.15) is 23.1 Å². The lowest BCUT2D eigenvalue weighted by molar-refractivity contribution is -0.129. The zero-order chi connectivity index (χ0) is 17.7. The topological polar surface area (TPSA) is 76.3 Å². The van der Waals surface area contributed by atoms with E-state index in [9.17, 15) is 9.59 Å². The molecule has 1 heterocycles. The van der Waals surface area contributed by atoms with Gasteiger partial charge in [-0.1, -0.05) is 42.1 Å². The molecule has 1 unspecified atom stereocenters. The molecule has 0 bridgehead atoms. The van der Waals surface area contributed by atoms with Crippen molar-refractivity contribution in [3.63, 3.8) is 0 Å². The number of rotatable bonds is 7. The summed E-state index contributed by atoms with van der Waals surface area (Å²) in [6.07, 6.45) is 0.195. The first-order chi connectivity index (χ1) is 11.4. The van der Waals surface area contributed by atoms with Gasteiger partial charge in [-0.2, -0.15) is 0 Å². The number of nitrogens with zero attached hydrogens (tertiary/aromatic N) is 2. The second-order valence-corrected chi connectivity index (χ2v) is 8.24. The van der Waals surface area contributed by atoms with Crippen LogP contribution < -0.4 is 5.73 Å². The van der Waals surface area contributed by atoms with Crippen molar-refractivity contribution >= 4 is 34.9 Å². The lowest BCUT2D eigenvalue weighted by Gasteiger charge is -2.20. The van der Waals surface area contributed by atoms with Gasteiger partial charge in [0.1, 0.15) is 0 Å². The molecule has 0 fully saturated rings. The Morgan fingerprint density at radius 1 is 1.33 bits per heavy atom. The van der Waals surface area contributed by atoms with Crippen molar-refractivity contribution in [1.29, 1.82) is 0 Å². The van der Waals surface area contributed by atoms with Crippen LogP contribution in [0.25, 0.3) is 0 Å². The number of aromatic nitrogens is 1. The minimum Gasteiger partial charge on any atom is -0.369 e. The van der Waals surface area contributed by atoms with E-state index in [-0.39, 0.29) is 23.5 Å². The fraction of sp³-hybridized carbons (Fsp3) is 0.353. The van der Waals surface area contributed by atoms with Crippen LogP contribution in [0.3, 0.4) is 0 Å². The van der Waals surface area contributed by atoms with E-state index in [1.54, 1.807) is 11.9 Å². The molecule has 0 radical (unpaired) electrons. The Morgan fingerprint density at radius 2 is 2.00 bits per heavy atom. The van der Waals surface area contributed by atoms with E-state index < -0.39 is 0 Å². The summed E-state index contributed by atoms with van der Waals surface area (Å²) in [5, 5.41) is -0.245. The Hall–Kier alpha value is -1.86. The van der Waals surface area contributed by atoms with Crippen molar-refractivity contribution in [3.8, 4) is 0 Å². The summed E-state index contributed by atoms with van der Waals surface area (Å²) in [4.78, 5) is 30.6. The minimum absolute atomic E-state index is 0.0492. The molecule has 1 aromatic heterocycles. The summed E-state index contributed by atoms with van der Waals surface area (Å²) in [5.41, 5.74) is 7.14. The van der Waals surface area contributed by atoms with E-state index in [2.05, 4.69) is 4.98 Å². The van der Waals surface area contributed by atoms with E-state index in [0.717, 1.165) is 20.5 Å². The molecule has 5 nitrogen and oxygen atoms in total. The summed E-state index contributed by atoms with van der Waals surface area (Å²) in [7, 11) is 1.80. The number of carbonyl (C=O) groups is 2. The normalized spacial score (nSPS) is 12.0. The van der Waals surface area contributed by atoms with Crippen molar-refractivity contribution < 1.29 is 9.59 Å². The van der Waals surface area contributed by atoms with Gasteiger partial charge in [-0.05, 0) is 19.4 Å². The Labute approximate surface area is 150 Å². The van der Waals surface area contributed by atoms with Crippen LogP contribution >= 0.6 is 23.1 Å². The molecule has 24 heavy (non-hydrogen) atoms. The van der Waals surface area contributed by atoms with Crippen LogP contribution in [0, 0.1) is 6.92 Å². The van der Waals surface area contributed by atoms with Crippen LogP contribution in [0.2, 0.25) is 0 Å². The average Bonchev–Trinajstić information content (AvgIpc) is 2.86. The highest BCUT2D eigenvalue weighted by atomic mass is 32.2. The molecule has 0 saturated heterocycles. The van der Waals surface area contributed by atoms with Crippen molar-refractivity contribution in [2.24, 2.45) is 5.73 Å². The number of thioether (sulfide) groups is 1. The third-order valence-corrected chi connectivity index (χ3v) is 5.81. The molecular weight excluding hydrogens is 342 g/mol. The van der Waals surface area contributed by atoms with Gasteiger partial charge in [0.2, 0.25) is 11.8 Å². The second kappa shape index (κ2) is 8.30. The molecule has 1 aromatic carbocycles. The molecular formula is C17H21N3O2S2. The molecule has 2 aromatic rings. The number of nitrogens with two attached hydrogens (primary N) is 1. The highest BCUT2D eigenvalue weighted by Crippen LogP contribution is 2.31. The van der Waals surface area contributed by atoms with Gasteiger partial charge in [0.05, 0.1) is 17.4 Å². The lowest BCUT2D eigenvalue weighted by Crippen LogP contribution is -2.32. The highest BCUT2D eigenvalue weighted by Gasteiger charge is 2.21. The number of thiazole rings is 1. The molecule has 128 valence electrons. The number of benzene rings is 1. The van der Waals surface area contributed by atoms with Crippen molar-refractivity contribution in [1.82, 2.24) is 9.88 Å². The first kappa shape index (κ1) is 18.5. The van der Waals surface area contributed by atoms with E-state index in [0.29, 0.717) is 6.54 Å². The van der Waals surface area contributed by atoms with Gasteiger partial charge in [0.15, 0.2) is 4.34 Å². The Bertz CT molecular complexity index is 716. The van der Waals surface area contributed by atoms with Crippen LogP contribution in [0.5, 0.6) is 0 Å². The molecule has 2 N–H and O–H groups in total. The van der Waals surface area contributed by atoms with Gasteiger partial charge in [-0.3, -0.25) is 9.59 Å². The molecule has 0 aliphatic carbocycles. The number of hydrogen-bond donors (Lipinski definition) is 1. The molecule has 2 rings (SSSR count). The first-order valence-electron chi connectivity index (χ1n) is 7.57. The molecule has 7 heteroatoms. The number of primary amides is 1. The largest absolute Gasteiger partial charge is 0.369 e. The maximum Gasteiger partial charge on any atom is 0.235 e. The monoisotopic (exact) mass is 363 g/mol. The number of amides is 2. The fourth-order valence-corrected chi connectivity index (χ4v) is 4.72. The predicted molar refractivity (Wildman–Crippen MR) is 98.0 cm³/mol. The summed E-state index contributed by atoms with van der Waals surface area (Å²) >= 11 is 2.85. The maximum atomic E-state index is 12.5. The molecule has 0 aliphatic heterocycles. The molecule has 2 amide bonds. The standard InChI is InChI=1S/C17H21N3O2S2/c1-11-14(9-15(18)21)24-17(19-11)23-12(2)16(22)20(3)10-13-7-5-4-6-8-13/h4-8,12H,9-10H2,1-3H3,(H2,18,21). The maximum absolute atomic E-state index is 12.5. The van der Waals surface area contributed by atoms with E-state index in [4.69, 9.17) is 5.73 Å². The zero-order valence-electron chi connectivity index (χ0n) is 14.0. The summed E-state index contributed by atoms with van der Waals surface area (Å²) in [5.74, 6) is -0.321. The summed E-state index contributed by atoms with van der Waals surface area (Å²) in [6, 6.07) is 9.89. The van der Waals surface area contributed by atoms with Gasteiger partial charge in [0, 0.05) is 18.5 Å². The van der Waals surface area contributed by atoms with Gasteiger partial charge in [0.25, 0.3) is 0 Å². The molecule has 1 atom stereocenters. The minimum atomic E-state index is -0.370. The second-order valence-electron chi connectivity index (χ2n) is 5.57. The van der Waals surface area contributed by atoms with Crippen LogP contribution in [0.4, 0.5) is 0 Å². The summed E-state index contributed by atoms with van der Waals surface area (Å²) in [6.45, 7) is 4.31. The zero-order valence-corrected chi connectivity index (χ0v) is 15.6. The molecule has 0 spiro atoms. The Kier molecular flexibility index (Phi) is 6.39. The summed E-state index contributed by atoms with van der Waals surface area (Å²) < 4.78 is 0.790. The van der Waals surface area contributed by atoms with Crippen LogP contribution in [-0.2, 0) is 22.6 Å². The third kappa shape index (κ3) is 5.07. The third-order valence-electron chi connectivity index (χ3n) is 3.47. The van der Waals surface area contributed by atoms with Crippen molar-refractivity contribution in [3.05, 3.63) is 46.5 Å². The quantitative estimate of drug-likeness (QED) is 0.767. The fourth-order valence-electron chi connectivity index (χ4n) is 2.22. The number of carbonyl (C=O) groups excluding carboxylic acids is 2. The number of hydrogen-bond acceptors (Lipinski definition) is 5. The average molecular weight is 364 g/mol. The number of aryl methyl sites for hydroxylation is 1. The van der Waals surface area contributed by atoms with E-state index >= 15 is 0 Å². The SMILES string of the molecule is Cc1nc(SC(C)C(=O)N(C)Cc2ccccc2)sc1CC(N)=O. The van der Waals surface area contributed by atoms with Crippen molar-refractivity contribution in [2.75, 3.05) is 7.05 Å². The smallest absolute Gasteiger partial charge is 0.235 e. The Balaban J connectivity index is 1.97. The van der Waals surface area contributed by atoms with Gasteiger partial charge >= 0.3 is 0 Å². The van der Waals surface area contributed by atoms with Gasteiger partial charge in [-0.25, -0.2) is 4.98 Å². The van der Waals surface area contributed by atoms with Crippen LogP contribution in [-0.4, -0.2) is 34.0 Å². The van der Waals surface area contributed by atoms with E-state index in [1.165, 1.54) is 23.1 Å². The molecule has 0 aliphatic rings. The van der Waals surface area contributed by atoms with Gasteiger partial charge < -0.3 is 10.6 Å². The first-order valence-corrected chi connectivity index (χ1v) is 9.26. The Morgan fingerprint density at radius 3 is 2.62 bits per heavy atom. The lowest BCUT2D eigenvalue weighted by atomic mass is 10.2. The molecule has 0 saturated carbocycles.